The smallest absolute Gasteiger partial charge is 0.311 e. The molecule has 0 amide bonds. The lowest BCUT2D eigenvalue weighted by atomic mass is 9.92. The fourth-order valence-electron chi connectivity index (χ4n) is 4.58. The van der Waals surface area contributed by atoms with Crippen LogP contribution in [0.5, 0.6) is 0 Å². The molecule has 52 heavy (non-hydrogen) atoms. The van der Waals surface area contributed by atoms with E-state index in [9.17, 15) is 19.2 Å². The van der Waals surface area contributed by atoms with Crippen molar-refractivity contribution in [3.8, 4) is 11.8 Å². The first-order valence-corrected chi connectivity index (χ1v) is 17.8. The summed E-state index contributed by atoms with van der Waals surface area (Å²) in [6.07, 6.45) is -6.52. The first kappa shape index (κ1) is 42.5. The third-order valence-electron chi connectivity index (χ3n) is 7.86. The van der Waals surface area contributed by atoms with Crippen molar-refractivity contribution in [2.75, 3.05) is 6.61 Å². The third-order valence-corrected chi connectivity index (χ3v) is 8.11. The number of hydrogen-bond acceptors (Lipinski definition) is 10. The summed E-state index contributed by atoms with van der Waals surface area (Å²) in [5.41, 5.74) is -2.37. The molecule has 0 bridgehead atoms. The SMILES string of the molecule is CC(C)(C)C(=O)OC[C@H]1O[C@@H](N[C@@H](C#Cc2ccccc2)c2ccc(Cl)cc2)[C@H](OC(=O)C(C)(C)C)[C@@H](OC(=O)C(C)(C)C)[C@@H]1OC(=O)C(C)(C)C. The third kappa shape index (κ3) is 12.1. The zero-order chi connectivity index (χ0) is 39.2. The van der Waals surface area contributed by atoms with Crippen LogP contribution in [-0.2, 0) is 42.9 Å². The molecule has 1 saturated heterocycles. The second-order valence-electron chi connectivity index (χ2n) is 17.1. The average molecular weight is 740 g/mol. The van der Waals surface area contributed by atoms with Gasteiger partial charge in [0.15, 0.2) is 24.5 Å². The van der Waals surface area contributed by atoms with Crippen LogP contribution in [0.2, 0.25) is 5.02 Å². The molecule has 2 aromatic carbocycles. The Labute approximate surface area is 313 Å². The fraction of sp³-hybridized carbons (Fsp3) is 0.561. The molecule has 1 aliphatic heterocycles. The molecule has 0 aromatic heterocycles. The highest BCUT2D eigenvalue weighted by Gasteiger charge is 2.55. The van der Waals surface area contributed by atoms with Crippen molar-refractivity contribution in [1.82, 2.24) is 5.32 Å². The van der Waals surface area contributed by atoms with E-state index in [4.69, 9.17) is 35.3 Å². The van der Waals surface area contributed by atoms with E-state index in [0.29, 0.717) is 10.6 Å². The minimum atomic E-state index is -1.40. The monoisotopic (exact) mass is 739 g/mol. The number of carbonyl (C=O) groups is 4. The Morgan fingerprint density at radius 3 is 1.62 bits per heavy atom. The minimum Gasteiger partial charge on any atom is -0.462 e. The molecule has 1 heterocycles. The molecule has 2 aromatic rings. The molecule has 0 unspecified atom stereocenters. The van der Waals surface area contributed by atoms with Gasteiger partial charge in [0.2, 0.25) is 0 Å². The lowest BCUT2D eigenvalue weighted by molar-refractivity contribution is -0.265. The largest absolute Gasteiger partial charge is 0.462 e. The van der Waals surface area contributed by atoms with Gasteiger partial charge in [0.1, 0.15) is 12.7 Å². The summed E-state index contributed by atoms with van der Waals surface area (Å²) < 4.78 is 30.7. The van der Waals surface area contributed by atoms with Gasteiger partial charge in [-0.25, -0.2) is 0 Å². The normalized spacial score (nSPS) is 21.5. The maximum atomic E-state index is 13.7. The average Bonchev–Trinajstić information content (AvgIpc) is 3.03. The van der Waals surface area contributed by atoms with Gasteiger partial charge in [0, 0.05) is 10.6 Å². The van der Waals surface area contributed by atoms with Crippen LogP contribution >= 0.6 is 11.6 Å². The van der Waals surface area contributed by atoms with Crippen LogP contribution in [-0.4, -0.2) is 61.1 Å². The highest BCUT2D eigenvalue weighted by Crippen LogP contribution is 2.34. The van der Waals surface area contributed by atoms with Gasteiger partial charge in [-0.15, -0.1) is 0 Å². The predicted molar refractivity (Wildman–Crippen MR) is 198 cm³/mol. The quantitative estimate of drug-likeness (QED) is 0.169. The van der Waals surface area contributed by atoms with Crippen LogP contribution < -0.4 is 5.32 Å². The second kappa shape index (κ2) is 16.8. The van der Waals surface area contributed by atoms with Crippen molar-refractivity contribution < 1.29 is 42.9 Å². The lowest BCUT2D eigenvalue weighted by Gasteiger charge is -2.46. The molecule has 6 atom stereocenters. The maximum Gasteiger partial charge on any atom is 0.311 e. The molecule has 0 aliphatic carbocycles. The molecule has 0 saturated carbocycles. The first-order chi connectivity index (χ1) is 23.9. The molecule has 284 valence electrons. The molecule has 1 fully saturated rings. The number of esters is 4. The zero-order valence-corrected chi connectivity index (χ0v) is 33.2. The Morgan fingerprint density at radius 2 is 1.13 bits per heavy atom. The number of nitrogens with one attached hydrogen (secondary N) is 1. The first-order valence-electron chi connectivity index (χ1n) is 17.4. The summed E-state index contributed by atoms with van der Waals surface area (Å²) in [5, 5.41) is 3.89. The van der Waals surface area contributed by atoms with Crippen LogP contribution in [0.15, 0.2) is 54.6 Å². The number of ether oxygens (including phenoxy) is 5. The van der Waals surface area contributed by atoms with Gasteiger partial charge < -0.3 is 23.7 Å². The fourth-order valence-corrected chi connectivity index (χ4v) is 4.71. The van der Waals surface area contributed by atoms with Gasteiger partial charge in [-0.1, -0.05) is 53.8 Å². The summed E-state index contributed by atoms with van der Waals surface area (Å²) >= 11 is 6.24. The Kier molecular flexibility index (Phi) is 13.8. The zero-order valence-electron chi connectivity index (χ0n) is 32.4. The van der Waals surface area contributed by atoms with Crippen LogP contribution in [0.3, 0.4) is 0 Å². The summed E-state index contributed by atoms with van der Waals surface area (Å²) in [6, 6.07) is 15.7. The van der Waals surface area contributed by atoms with Gasteiger partial charge in [-0.2, -0.15) is 0 Å². The van der Waals surface area contributed by atoms with Crippen molar-refractivity contribution in [3.05, 3.63) is 70.7 Å². The molecule has 0 spiro atoms. The maximum absolute atomic E-state index is 13.7. The van der Waals surface area contributed by atoms with Crippen molar-refractivity contribution in [2.24, 2.45) is 21.7 Å². The van der Waals surface area contributed by atoms with Crippen LogP contribution in [0.1, 0.15) is 100 Å². The highest BCUT2D eigenvalue weighted by molar-refractivity contribution is 6.30. The van der Waals surface area contributed by atoms with E-state index in [-0.39, 0.29) is 6.61 Å². The molecular formula is C41H54ClNO9. The summed E-state index contributed by atoms with van der Waals surface area (Å²) in [7, 11) is 0. The number of rotatable bonds is 8. The molecule has 10 nitrogen and oxygen atoms in total. The molecule has 3 rings (SSSR count). The molecule has 0 radical (unpaired) electrons. The molecular weight excluding hydrogens is 686 g/mol. The Hall–Kier alpha value is -3.91. The van der Waals surface area contributed by atoms with E-state index in [0.717, 1.165) is 5.56 Å². The molecule has 11 heteroatoms. The molecule has 1 aliphatic rings. The van der Waals surface area contributed by atoms with Gasteiger partial charge in [0.25, 0.3) is 0 Å². The van der Waals surface area contributed by atoms with Gasteiger partial charge in [-0.3, -0.25) is 24.5 Å². The van der Waals surface area contributed by atoms with E-state index in [1.54, 1.807) is 107 Å². The number of halogens is 1. The van der Waals surface area contributed by atoms with E-state index >= 15 is 0 Å². The van der Waals surface area contributed by atoms with Gasteiger partial charge >= 0.3 is 23.9 Å². The topological polar surface area (TPSA) is 126 Å². The summed E-state index contributed by atoms with van der Waals surface area (Å²) in [5.74, 6) is 4.00. The van der Waals surface area contributed by atoms with Crippen LogP contribution in [0.25, 0.3) is 0 Å². The Balaban J connectivity index is 2.25. The van der Waals surface area contributed by atoms with E-state index < -0.39 is 82.2 Å². The second-order valence-corrected chi connectivity index (χ2v) is 17.5. The Bertz CT molecular complexity index is 1620. The van der Waals surface area contributed by atoms with Crippen molar-refractivity contribution in [1.29, 1.82) is 0 Å². The van der Waals surface area contributed by atoms with E-state index in [1.165, 1.54) is 0 Å². The van der Waals surface area contributed by atoms with Crippen LogP contribution in [0, 0.1) is 33.5 Å². The standard InChI is InChI=1S/C41H54ClNO9/c1-38(2,3)34(44)48-24-29-30(50-35(45)39(4,5)6)31(51-36(46)40(7,8)9)32(52-37(47)41(10,11)12)33(49-29)43-28(26-19-21-27(42)22-20-26)23-18-25-16-14-13-15-17-25/h13-17,19-22,28-33,43H,24H2,1-12H3/t28-,29+,30+,31-,32+,33+/m0/s1. The number of hydrogen-bond donors (Lipinski definition) is 1. The lowest BCUT2D eigenvalue weighted by Crippen LogP contribution is -2.66. The van der Waals surface area contributed by atoms with Crippen molar-refractivity contribution >= 4 is 35.5 Å². The van der Waals surface area contributed by atoms with E-state index in [2.05, 4.69) is 17.2 Å². The van der Waals surface area contributed by atoms with E-state index in [1.807, 2.05) is 30.3 Å². The van der Waals surface area contributed by atoms with Crippen molar-refractivity contribution in [3.63, 3.8) is 0 Å². The highest BCUT2D eigenvalue weighted by atomic mass is 35.5. The number of benzene rings is 2. The summed E-state index contributed by atoms with van der Waals surface area (Å²) in [4.78, 5) is 53.8. The molecule has 1 N–H and O–H groups in total. The Morgan fingerprint density at radius 1 is 0.673 bits per heavy atom. The predicted octanol–water partition coefficient (Wildman–Crippen LogP) is 7.21. The summed E-state index contributed by atoms with van der Waals surface area (Å²) in [6.45, 7) is 19.8. The van der Waals surface area contributed by atoms with Crippen LogP contribution in [0.4, 0.5) is 0 Å². The minimum absolute atomic E-state index is 0.374. The van der Waals surface area contributed by atoms with Crippen molar-refractivity contribution in [2.45, 2.75) is 120 Å². The van der Waals surface area contributed by atoms with Gasteiger partial charge in [-0.05, 0) is 113 Å². The van der Waals surface area contributed by atoms with Gasteiger partial charge in [0.05, 0.1) is 27.7 Å². The number of carbonyl (C=O) groups excluding carboxylic acids is 4.